The molecule has 3 aliphatic carbocycles. The van der Waals surface area contributed by atoms with Gasteiger partial charge >= 0.3 is 0 Å². The molecule has 8 nitrogen and oxygen atoms in total. The molecular formula is C21H24N6O2. The van der Waals surface area contributed by atoms with Crippen LogP contribution in [0.4, 0.5) is 0 Å². The molecule has 4 aliphatic rings. The molecule has 2 amide bonds. The Balaban J connectivity index is 1.03. The maximum Gasteiger partial charge on any atom is 0.251 e. The second kappa shape index (κ2) is 5.87. The standard InChI is InChI=1S/C21H24N6O2/c28-18(16-5-4-14-2-1-3-15(14)8-16)23-17-9-20(10-17)11-26(12-20)19(29)21(6-7-21)27-13-22-24-25-27/h4-5,8,13,17H,1-3,6-7,9-12H2,(H,23,28). The average molecular weight is 392 g/mol. The van der Waals surface area contributed by atoms with Crippen molar-refractivity contribution >= 4 is 11.8 Å². The maximum atomic E-state index is 12.9. The number of aryl methyl sites for hydroxylation is 2. The third-order valence-corrected chi connectivity index (χ3v) is 7.30. The lowest BCUT2D eigenvalue weighted by molar-refractivity contribution is -0.157. The lowest BCUT2D eigenvalue weighted by atomic mass is 9.60. The third kappa shape index (κ3) is 2.61. The van der Waals surface area contributed by atoms with Gasteiger partial charge in [0.05, 0.1) is 0 Å². The highest BCUT2D eigenvalue weighted by Crippen LogP contribution is 2.52. The summed E-state index contributed by atoms with van der Waals surface area (Å²) in [6.07, 6.45) is 8.45. The molecule has 1 spiro atoms. The van der Waals surface area contributed by atoms with E-state index in [-0.39, 0.29) is 23.3 Å². The zero-order chi connectivity index (χ0) is 19.6. The topological polar surface area (TPSA) is 93.0 Å². The molecule has 0 atom stereocenters. The number of nitrogens with one attached hydrogen (secondary N) is 1. The SMILES string of the molecule is O=C(NC1CC2(C1)CN(C(=O)C1(n3cnnn3)CC1)C2)c1ccc2c(c1)CCC2. The molecule has 3 fully saturated rings. The van der Waals surface area contributed by atoms with E-state index in [1.54, 1.807) is 4.68 Å². The van der Waals surface area contributed by atoms with Crippen molar-refractivity contribution in [1.29, 1.82) is 0 Å². The molecular weight excluding hydrogens is 368 g/mol. The van der Waals surface area contributed by atoms with Crippen molar-refractivity contribution in [3.8, 4) is 0 Å². The number of benzene rings is 1. The van der Waals surface area contributed by atoms with E-state index >= 15 is 0 Å². The van der Waals surface area contributed by atoms with E-state index in [9.17, 15) is 9.59 Å². The predicted molar refractivity (Wildman–Crippen MR) is 103 cm³/mol. The number of aromatic nitrogens is 4. The largest absolute Gasteiger partial charge is 0.349 e. The van der Waals surface area contributed by atoms with E-state index in [1.165, 1.54) is 23.9 Å². The van der Waals surface area contributed by atoms with Crippen LogP contribution < -0.4 is 5.32 Å². The molecule has 2 saturated carbocycles. The van der Waals surface area contributed by atoms with Crippen LogP contribution in [0.25, 0.3) is 0 Å². The number of carbonyl (C=O) groups excluding carboxylic acids is 2. The first-order valence-electron chi connectivity index (χ1n) is 10.5. The minimum Gasteiger partial charge on any atom is -0.349 e. The van der Waals surface area contributed by atoms with Gasteiger partial charge in [0.25, 0.3) is 11.8 Å². The number of nitrogens with zero attached hydrogens (tertiary/aromatic N) is 5. The van der Waals surface area contributed by atoms with Crippen molar-refractivity contribution in [3.63, 3.8) is 0 Å². The number of hydrogen-bond acceptors (Lipinski definition) is 5. The highest BCUT2D eigenvalue weighted by Gasteiger charge is 2.61. The van der Waals surface area contributed by atoms with Crippen molar-refractivity contribution < 1.29 is 9.59 Å². The number of likely N-dealkylation sites (tertiary alicyclic amines) is 1. The second-order valence-electron chi connectivity index (χ2n) is 9.36. The second-order valence-corrected chi connectivity index (χ2v) is 9.36. The molecule has 0 unspecified atom stereocenters. The third-order valence-electron chi connectivity index (χ3n) is 7.30. The quantitative estimate of drug-likeness (QED) is 0.840. The van der Waals surface area contributed by atoms with Crippen molar-refractivity contribution in [2.75, 3.05) is 13.1 Å². The number of carbonyl (C=O) groups is 2. The van der Waals surface area contributed by atoms with Crippen LogP contribution in [0.1, 0.15) is 53.6 Å². The summed E-state index contributed by atoms with van der Waals surface area (Å²) in [7, 11) is 0. The van der Waals surface area contributed by atoms with E-state index in [4.69, 9.17) is 0 Å². The Labute approximate surface area is 168 Å². The summed E-state index contributed by atoms with van der Waals surface area (Å²) in [5, 5.41) is 14.5. The van der Waals surface area contributed by atoms with Gasteiger partial charge in [-0.1, -0.05) is 6.07 Å². The fourth-order valence-electron chi connectivity index (χ4n) is 5.55. The van der Waals surface area contributed by atoms with Crippen LogP contribution in [0.15, 0.2) is 24.5 Å². The molecule has 1 aromatic heterocycles. The van der Waals surface area contributed by atoms with Crippen molar-refractivity contribution in [2.45, 2.75) is 56.5 Å². The lowest BCUT2D eigenvalue weighted by Gasteiger charge is -2.59. The minimum atomic E-state index is -0.546. The Morgan fingerprint density at radius 2 is 1.90 bits per heavy atom. The van der Waals surface area contributed by atoms with Crippen LogP contribution in [0.2, 0.25) is 0 Å². The molecule has 8 heteroatoms. The van der Waals surface area contributed by atoms with E-state index in [2.05, 4.69) is 33.0 Å². The van der Waals surface area contributed by atoms with Gasteiger partial charge in [0.15, 0.2) is 0 Å². The molecule has 2 heterocycles. The van der Waals surface area contributed by atoms with Crippen LogP contribution in [-0.2, 0) is 23.2 Å². The molecule has 6 rings (SSSR count). The van der Waals surface area contributed by atoms with E-state index in [0.717, 1.165) is 57.2 Å². The summed E-state index contributed by atoms with van der Waals surface area (Å²) < 4.78 is 1.61. The van der Waals surface area contributed by atoms with Crippen molar-refractivity contribution in [1.82, 2.24) is 30.4 Å². The zero-order valence-electron chi connectivity index (χ0n) is 16.3. The summed E-state index contributed by atoms with van der Waals surface area (Å²) in [5.74, 6) is 0.170. The Morgan fingerprint density at radius 1 is 1.10 bits per heavy atom. The maximum absolute atomic E-state index is 12.9. The first-order chi connectivity index (χ1) is 14.1. The number of tetrazole rings is 1. The molecule has 1 N–H and O–H groups in total. The predicted octanol–water partition coefficient (Wildman–Crippen LogP) is 1.07. The van der Waals surface area contributed by atoms with Gasteiger partial charge in [-0.3, -0.25) is 9.59 Å². The normalized spacial score (nSPS) is 23.2. The highest BCUT2D eigenvalue weighted by atomic mass is 16.2. The smallest absolute Gasteiger partial charge is 0.251 e. The number of rotatable bonds is 4. The molecule has 1 aromatic carbocycles. The molecule has 150 valence electrons. The van der Waals surface area contributed by atoms with Gasteiger partial charge in [-0.05, 0) is 78.6 Å². The van der Waals surface area contributed by atoms with Gasteiger partial charge in [0.2, 0.25) is 0 Å². The summed E-state index contributed by atoms with van der Waals surface area (Å²) in [4.78, 5) is 27.5. The number of hydrogen-bond donors (Lipinski definition) is 1. The van der Waals surface area contributed by atoms with Crippen molar-refractivity contribution in [2.24, 2.45) is 5.41 Å². The molecule has 0 bridgehead atoms. The number of amides is 2. The molecule has 1 aliphatic heterocycles. The Hall–Kier alpha value is -2.77. The molecule has 29 heavy (non-hydrogen) atoms. The highest BCUT2D eigenvalue weighted by molar-refractivity contribution is 5.95. The van der Waals surface area contributed by atoms with Crippen molar-refractivity contribution in [3.05, 3.63) is 41.2 Å². The van der Waals surface area contributed by atoms with Gasteiger partial charge in [0.1, 0.15) is 11.9 Å². The van der Waals surface area contributed by atoms with Gasteiger partial charge < -0.3 is 10.2 Å². The van der Waals surface area contributed by atoms with E-state index in [0.29, 0.717) is 0 Å². The molecule has 1 saturated heterocycles. The first-order valence-corrected chi connectivity index (χ1v) is 10.5. The summed E-state index contributed by atoms with van der Waals surface area (Å²) >= 11 is 0. The van der Waals surface area contributed by atoms with Crippen LogP contribution in [-0.4, -0.2) is 56.1 Å². The minimum absolute atomic E-state index is 0.0300. The first kappa shape index (κ1) is 17.1. The summed E-state index contributed by atoms with van der Waals surface area (Å²) in [6, 6.07) is 6.32. The van der Waals surface area contributed by atoms with Crippen LogP contribution >= 0.6 is 0 Å². The molecule has 0 radical (unpaired) electrons. The Bertz CT molecular complexity index is 983. The van der Waals surface area contributed by atoms with Crippen LogP contribution in [0, 0.1) is 5.41 Å². The summed E-state index contributed by atoms with van der Waals surface area (Å²) in [6.45, 7) is 1.56. The lowest BCUT2D eigenvalue weighted by Crippen LogP contribution is -2.68. The molecule has 2 aromatic rings. The zero-order valence-corrected chi connectivity index (χ0v) is 16.3. The van der Waals surface area contributed by atoms with Crippen LogP contribution in [0.3, 0.4) is 0 Å². The van der Waals surface area contributed by atoms with E-state index in [1.807, 2.05) is 11.0 Å². The average Bonchev–Trinajstić information content (AvgIpc) is 3.07. The van der Waals surface area contributed by atoms with Gasteiger partial charge in [0, 0.05) is 30.1 Å². The van der Waals surface area contributed by atoms with Crippen LogP contribution in [0.5, 0.6) is 0 Å². The van der Waals surface area contributed by atoms with E-state index < -0.39 is 5.54 Å². The summed E-state index contributed by atoms with van der Waals surface area (Å²) in [5.41, 5.74) is 3.12. The monoisotopic (exact) mass is 392 g/mol. The van der Waals surface area contributed by atoms with Gasteiger partial charge in [-0.2, -0.15) is 0 Å². The Morgan fingerprint density at radius 3 is 2.62 bits per heavy atom. The Kier molecular flexibility index (Phi) is 3.47. The number of fused-ring (bicyclic) bond motifs is 1. The van der Waals surface area contributed by atoms with Gasteiger partial charge in [-0.25, -0.2) is 4.68 Å². The van der Waals surface area contributed by atoms with Gasteiger partial charge in [-0.15, -0.1) is 5.10 Å². The fourth-order valence-corrected chi connectivity index (χ4v) is 5.55. The fraction of sp³-hybridized carbons (Fsp3) is 0.571.